The van der Waals surface area contributed by atoms with Gasteiger partial charge in [0.15, 0.2) is 31.0 Å². The van der Waals surface area contributed by atoms with Crippen LogP contribution in [0.25, 0.3) is 0 Å². The maximum atomic E-state index is 12.8. The first-order chi connectivity index (χ1) is 17.2. The van der Waals surface area contributed by atoms with Crippen molar-refractivity contribution in [2.24, 2.45) is 5.16 Å². The van der Waals surface area contributed by atoms with E-state index in [4.69, 9.17) is 11.6 Å². The third kappa shape index (κ3) is 9.59. The van der Waals surface area contributed by atoms with Gasteiger partial charge in [-0.3, -0.25) is 14.4 Å². The summed E-state index contributed by atoms with van der Waals surface area (Å²) in [7, 11) is -7.63. The number of nitrogens with one attached hydrogen (secondary N) is 3. The molecule has 1 aromatic heterocycles. The van der Waals surface area contributed by atoms with Gasteiger partial charge in [-0.1, -0.05) is 5.16 Å². The van der Waals surface area contributed by atoms with Crippen LogP contribution in [0.1, 0.15) is 5.69 Å². The minimum atomic E-state index is -5.32. The van der Waals surface area contributed by atoms with E-state index in [2.05, 4.69) is 35.7 Å². The van der Waals surface area contributed by atoms with Gasteiger partial charge in [0, 0.05) is 18.2 Å². The number of halogens is 1. The molecular weight excluding hydrogens is 607 g/mol. The van der Waals surface area contributed by atoms with E-state index < -0.39 is 80.7 Å². The Balaban J connectivity index is 0.00000722. The number of anilines is 1. The second-order valence-corrected chi connectivity index (χ2v) is 11.7. The monoisotopic (exact) mass is 626 g/mol. The third-order valence-corrected chi connectivity index (χ3v) is 7.19. The molecule has 0 aliphatic carbocycles. The molecule has 206 valence electrons. The Hall–Kier alpha value is -2.07. The molecule has 1 aliphatic rings. The van der Waals surface area contributed by atoms with E-state index in [0.29, 0.717) is 0 Å². The molecule has 0 radical (unpaired) electrons. The van der Waals surface area contributed by atoms with Gasteiger partial charge in [-0.05, 0) is 0 Å². The van der Waals surface area contributed by atoms with Crippen LogP contribution < -0.4 is 45.5 Å². The van der Waals surface area contributed by atoms with Crippen molar-refractivity contribution < 1.29 is 79.7 Å². The average molecular weight is 627 g/mol. The maximum absolute atomic E-state index is 12.8. The predicted molar refractivity (Wildman–Crippen MR) is 126 cm³/mol. The molecular formula is C16H20ClN6NaO11S3. The smallest absolute Gasteiger partial charge is 0.731 e. The van der Waals surface area contributed by atoms with Crippen molar-refractivity contribution in [1.29, 1.82) is 0 Å². The van der Waals surface area contributed by atoms with Crippen molar-refractivity contribution in [3.63, 3.8) is 0 Å². The molecule has 2 atom stereocenters. The number of carbonyl (C=O) groups excluding carboxylic acids is 4. The van der Waals surface area contributed by atoms with E-state index in [9.17, 15) is 40.6 Å². The standard InChI is InChI=1S/C16H21ClN6O11S3.Na/c1-33-22-11(8-7-35-15(19-8)20-10(24)5-17)13(25)21-12-9(23(14(12)26)37(30,31)32)6-18-16(27)34-3-4-36(2,28)29;/h7,9,12H,3-6H2,1-2H3,(H,18,27)(H,21,25)(H,19,20,24)(H,30,31,32);/q;+1/p-1/t9-,12+;/m1./s1. The molecule has 22 heteroatoms. The average Bonchev–Trinajstić information content (AvgIpc) is 3.24. The maximum Gasteiger partial charge on any atom is 1.00 e. The largest absolute Gasteiger partial charge is 1.00 e. The molecule has 0 spiro atoms. The van der Waals surface area contributed by atoms with Crippen LogP contribution in [0.15, 0.2) is 10.5 Å². The van der Waals surface area contributed by atoms with Gasteiger partial charge in [-0.15, -0.1) is 22.9 Å². The number of alkyl halides is 1. The van der Waals surface area contributed by atoms with Gasteiger partial charge in [-0.2, -0.15) is 0 Å². The van der Waals surface area contributed by atoms with E-state index in [0.717, 1.165) is 24.7 Å². The first kappa shape index (κ1) is 34.0. The topological polar surface area (TPSA) is 243 Å². The Kier molecular flexibility index (Phi) is 12.8. The van der Waals surface area contributed by atoms with Gasteiger partial charge >= 0.3 is 35.7 Å². The van der Waals surface area contributed by atoms with Crippen LogP contribution in [0.4, 0.5) is 9.93 Å². The van der Waals surface area contributed by atoms with Gasteiger partial charge < -0.3 is 30.1 Å². The molecule has 2 heterocycles. The van der Waals surface area contributed by atoms with Gasteiger partial charge in [0.2, 0.25) is 5.91 Å². The molecule has 4 amide bonds. The number of amides is 4. The number of sulfone groups is 1. The fourth-order valence-corrected chi connectivity index (χ4v) is 4.80. The van der Waals surface area contributed by atoms with Crippen LogP contribution >= 0.6 is 22.9 Å². The van der Waals surface area contributed by atoms with Crippen molar-refractivity contribution in [3.05, 3.63) is 11.1 Å². The van der Waals surface area contributed by atoms with Gasteiger partial charge in [0.1, 0.15) is 31.3 Å². The van der Waals surface area contributed by atoms with Gasteiger partial charge in [-0.25, -0.2) is 30.9 Å². The molecule has 1 aliphatic heterocycles. The predicted octanol–water partition coefficient (Wildman–Crippen LogP) is -5.40. The Morgan fingerprint density at radius 1 is 1.29 bits per heavy atom. The van der Waals surface area contributed by atoms with Crippen LogP contribution in [0.2, 0.25) is 0 Å². The Bertz CT molecular complexity index is 1300. The van der Waals surface area contributed by atoms with Crippen molar-refractivity contribution in [2.45, 2.75) is 12.1 Å². The molecule has 1 aromatic rings. The zero-order chi connectivity index (χ0) is 28.0. The molecule has 38 heavy (non-hydrogen) atoms. The second kappa shape index (κ2) is 14.4. The van der Waals surface area contributed by atoms with Crippen LogP contribution in [-0.2, 0) is 44.1 Å². The van der Waals surface area contributed by atoms with Gasteiger partial charge in [0.25, 0.3) is 11.8 Å². The SMILES string of the molecule is CON=C(C(=O)N[C@@H]1C(=O)N(S(=O)(=O)[O-])[C@@H]1CNC(=O)OCCS(C)(=O)=O)c1csc(NC(=O)CCl)n1.[Na+]. The number of ether oxygens (including phenoxy) is 1. The number of nitrogens with zero attached hydrogens (tertiary/aromatic N) is 3. The zero-order valence-corrected chi connectivity index (χ0v) is 25.2. The van der Waals surface area contributed by atoms with Crippen molar-refractivity contribution >= 4 is 77.7 Å². The Morgan fingerprint density at radius 2 is 1.95 bits per heavy atom. The van der Waals surface area contributed by atoms with E-state index in [-0.39, 0.29) is 50.6 Å². The molecule has 17 nitrogen and oxygen atoms in total. The molecule has 0 bridgehead atoms. The number of thiazole rings is 1. The van der Waals surface area contributed by atoms with Crippen molar-refractivity contribution in [3.8, 4) is 0 Å². The summed E-state index contributed by atoms with van der Waals surface area (Å²) in [6.07, 6.45) is -0.242. The Morgan fingerprint density at radius 3 is 2.50 bits per heavy atom. The number of hydrogen-bond donors (Lipinski definition) is 3. The number of aromatic nitrogens is 1. The number of alkyl carbamates (subject to hydrolysis) is 1. The van der Waals surface area contributed by atoms with Crippen LogP contribution in [0.3, 0.4) is 0 Å². The summed E-state index contributed by atoms with van der Waals surface area (Å²) in [5.74, 6) is -3.74. The number of oxime groups is 1. The van der Waals surface area contributed by atoms with E-state index in [1.54, 1.807) is 0 Å². The van der Waals surface area contributed by atoms with Crippen molar-refractivity contribution in [1.82, 2.24) is 19.9 Å². The Labute approximate surface area is 247 Å². The molecule has 3 N–H and O–H groups in total. The van der Waals surface area contributed by atoms with E-state index in [1.165, 1.54) is 5.38 Å². The van der Waals surface area contributed by atoms with Crippen LogP contribution in [0, 0.1) is 0 Å². The zero-order valence-electron chi connectivity index (χ0n) is 20.0. The molecule has 1 saturated heterocycles. The molecule has 0 unspecified atom stereocenters. The third-order valence-electron chi connectivity index (χ3n) is 4.35. The summed E-state index contributed by atoms with van der Waals surface area (Å²) in [6, 6.07) is -3.14. The fraction of sp³-hybridized carbons (Fsp3) is 0.500. The van der Waals surface area contributed by atoms with E-state index >= 15 is 0 Å². The molecule has 2 rings (SSSR count). The minimum absolute atomic E-state index is 0. The number of carbonyl (C=O) groups is 4. The first-order valence-corrected chi connectivity index (χ1v) is 14.6. The molecule has 0 aromatic carbocycles. The van der Waals surface area contributed by atoms with E-state index in [1.807, 2.05) is 0 Å². The number of β-lactam (4-membered cyclic amide) rings is 1. The summed E-state index contributed by atoms with van der Waals surface area (Å²) < 4.78 is 61.2. The molecule has 0 saturated carbocycles. The van der Waals surface area contributed by atoms with Crippen LogP contribution in [0.5, 0.6) is 0 Å². The summed E-state index contributed by atoms with van der Waals surface area (Å²) in [4.78, 5) is 57.0. The quantitative estimate of drug-likeness (QED) is 0.0491. The molecule has 1 fully saturated rings. The summed E-state index contributed by atoms with van der Waals surface area (Å²) in [5, 5.41) is 11.6. The number of hydrogen-bond acceptors (Lipinski definition) is 14. The van der Waals surface area contributed by atoms with Crippen molar-refractivity contribution in [2.75, 3.05) is 43.5 Å². The minimum Gasteiger partial charge on any atom is -0.731 e. The summed E-state index contributed by atoms with van der Waals surface area (Å²) >= 11 is 6.32. The first-order valence-electron chi connectivity index (χ1n) is 9.79. The summed E-state index contributed by atoms with van der Waals surface area (Å²) in [6.45, 7) is -1.16. The second-order valence-electron chi connectivity index (χ2n) is 7.10. The normalized spacial score (nSPS) is 17.5. The fourth-order valence-electron chi connectivity index (χ4n) is 2.78. The summed E-state index contributed by atoms with van der Waals surface area (Å²) in [5.41, 5.74) is -0.549. The van der Waals surface area contributed by atoms with Crippen LogP contribution in [-0.4, -0.2) is 110 Å². The van der Waals surface area contributed by atoms with Gasteiger partial charge in [0.05, 0.1) is 11.8 Å². The number of rotatable bonds is 12.